The third-order valence-electron chi connectivity index (χ3n) is 2.02. The number of nitrogen functional groups attached to an aromatic ring is 1. The topological polar surface area (TPSA) is 55.1 Å². The smallest absolute Gasteiger partial charge is 0.159 e. The van der Waals surface area contributed by atoms with Crippen LogP contribution in [0.15, 0.2) is 18.2 Å². The Morgan fingerprint density at radius 2 is 2.21 bits per heavy atom. The van der Waals surface area contributed by atoms with E-state index in [1.54, 1.807) is 12.1 Å². The van der Waals surface area contributed by atoms with Gasteiger partial charge in [-0.25, -0.2) is 0 Å². The van der Waals surface area contributed by atoms with Gasteiger partial charge < -0.3 is 11.1 Å². The van der Waals surface area contributed by atoms with E-state index in [0.717, 1.165) is 18.7 Å². The van der Waals surface area contributed by atoms with Crippen LogP contribution in [0.2, 0.25) is 0 Å². The summed E-state index contributed by atoms with van der Waals surface area (Å²) in [4.78, 5) is 11.0. The molecule has 1 aromatic carbocycles. The van der Waals surface area contributed by atoms with Crippen molar-refractivity contribution in [1.82, 2.24) is 0 Å². The number of carbonyl (C=O) groups is 1. The van der Waals surface area contributed by atoms with Gasteiger partial charge in [-0.2, -0.15) is 0 Å². The van der Waals surface area contributed by atoms with Crippen molar-refractivity contribution < 1.29 is 4.79 Å². The number of anilines is 2. The largest absolute Gasteiger partial charge is 0.397 e. The molecule has 0 bridgehead atoms. The van der Waals surface area contributed by atoms with Gasteiger partial charge in [0.25, 0.3) is 0 Å². The highest BCUT2D eigenvalue weighted by Crippen LogP contribution is 2.19. The minimum absolute atomic E-state index is 0.0405. The Morgan fingerprint density at radius 3 is 2.71 bits per heavy atom. The van der Waals surface area contributed by atoms with E-state index in [9.17, 15) is 4.79 Å². The number of ketones is 1. The molecular weight excluding hydrogens is 176 g/mol. The Labute approximate surface area is 84.3 Å². The van der Waals surface area contributed by atoms with Crippen molar-refractivity contribution in [2.45, 2.75) is 20.3 Å². The fourth-order valence-corrected chi connectivity index (χ4v) is 1.20. The van der Waals surface area contributed by atoms with Gasteiger partial charge in [-0.3, -0.25) is 4.79 Å². The van der Waals surface area contributed by atoms with Crippen molar-refractivity contribution >= 4 is 17.2 Å². The van der Waals surface area contributed by atoms with Gasteiger partial charge in [-0.05, 0) is 31.5 Å². The van der Waals surface area contributed by atoms with E-state index in [-0.39, 0.29) is 5.78 Å². The molecule has 0 saturated heterocycles. The summed E-state index contributed by atoms with van der Waals surface area (Å²) in [5.41, 5.74) is 7.97. The number of hydrogen-bond acceptors (Lipinski definition) is 3. The average Bonchev–Trinajstić information content (AvgIpc) is 2.15. The number of hydrogen-bond donors (Lipinski definition) is 2. The van der Waals surface area contributed by atoms with Crippen LogP contribution in [-0.4, -0.2) is 12.3 Å². The van der Waals surface area contributed by atoms with Crippen LogP contribution >= 0.6 is 0 Å². The molecule has 1 aromatic rings. The molecule has 0 aliphatic rings. The fourth-order valence-electron chi connectivity index (χ4n) is 1.20. The fraction of sp³-hybridized carbons (Fsp3) is 0.364. The summed E-state index contributed by atoms with van der Waals surface area (Å²) in [6, 6.07) is 5.35. The molecule has 0 amide bonds. The molecule has 14 heavy (non-hydrogen) atoms. The van der Waals surface area contributed by atoms with Gasteiger partial charge in [0.2, 0.25) is 0 Å². The number of nitrogens with one attached hydrogen (secondary N) is 1. The van der Waals surface area contributed by atoms with Crippen LogP contribution in [0.4, 0.5) is 11.4 Å². The van der Waals surface area contributed by atoms with Gasteiger partial charge in [-0.15, -0.1) is 0 Å². The van der Waals surface area contributed by atoms with E-state index >= 15 is 0 Å². The predicted molar refractivity (Wildman–Crippen MR) is 59.6 cm³/mol. The van der Waals surface area contributed by atoms with Gasteiger partial charge in [0, 0.05) is 12.1 Å². The molecule has 76 valence electrons. The van der Waals surface area contributed by atoms with Crippen molar-refractivity contribution in [3.8, 4) is 0 Å². The lowest BCUT2D eigenvalue weighted by molar-refractivity contribution is 0.101. The molecule has 0 unspecified atom stereocenters. The maximum absolute atomic E-state index is 11.0. The highest BCUT2D eigenvalue weighted by Gasteiger charge is 2.02. The molecule has 3 heteroatoms. The summed E-state index contributed by atoms with van der Waals surface area (Å²) >= 11 is 0. The van der Waals surface area contributed by atoms with Gasteiger partial charge in [0.15, 0.2) is 5.78 Å². The molecule has 0 aliphatic carbocycles. The zero-order valence-electron chi connectivity index (χ0n) is 8.63. The second-order valence-electron chi connectivity index (χ2n) is 3.28. The van der Waals surface area contributed by atoms with Gasteiger partial charge in [0.05, 0.1) is 11.4 Å². The van der Waals surface area contributed by atoms with Crippen molar-refractivity contribution in [2.75, 3.05) is 17.6 Å². The second kappa shape index (κ2) is 4.65. The minimum Gasteiger partial charge on any atom is -0.397 e. The molecule has 0 fully saturated rings. The Morgan fingerprint density at radius 1 is 1.50 bits per heavy atom. The Balaban J connectivity index is 2.84. The molecule has 0 aromatic heterocycles. The Hall–Kier alpha value is -1.51. The minimum atomic E-state index is 0.0405. The van der Waals surface area contributed by atoms with E-state index in [1.165, 1.54) is 6.92 Å². The van der Waals surface area contributed by atoms with Crippen molar-refractivity contribution in [1.29, 1.82) is 0 Å². The van der Waals surface area contributed by atoms with Crippen LogP contribution < -0.4 is 11.1 Å². The van der Waals surface area contributed by atoms with Crippen LogP contribution in [0.25, 0.3) is 0 Å². The summed E-state index contributed by atoms with van der Waals surface area (Å²) in [7, 11) is 0. The average molecular weight is 192 g/mol. The van der Waals surface area contributed by atoms with Gasteiger partial charge in [-0.1, -0.05) is 6.92 Å². The summed E-state index contributed by atoms with van der Waals surface area (Å²) < 4.78 is 0. The van der Waals surface area contributed by atoms with E-state index in [0.29, 0.717) is 11.3 Å². The summed E-state index contributed by atoms with van der Waals surface area (Å²) in [6.45, 7) is 4.52. The van der Waals surface area contributed by atoms with Crippen molar-refractivity contribution in [2.24, 2.45) is 0 Å². The highest BCUT2D eigenvalue weighted by atomic mass is 16.1. The molecule has 0 radical (unpaired) electrons. The van der Waals surface area contributed by atoms with E-state index in [1.807, 2.05) is 6.07 Å². The monoisotopic (exact) mass is 192 g/mol. The number of nitrogens with two attached hydrogens (primary N) is 1. The molecule has 3 N–H and O–H groups in total. The Kier molecular flexibility index (Phi) is 3.51. The zero-order valence-corrected chi connectivity index (χ0v) is 8.63. The predicted octanol–water partition coefficient (Wildman–Crippen LogP) is 2.29. The van der Waals surface area contributed by atoms with Gasteiger partial charge >= 0.3 is 0 Å². The summed E-state index contributed by atoms with van der Waals surface area (Å²) in [5, 5.41) is 3.19. The SMILES string of the molecule is CCCNc1ccc(C(C)=O)cc1N. The molecule has 0 saturated carbocycles. The Bertz CT molecular complexity index is 334. The standard InChI is InChI=1S/C11H16N2O/c1-3-6-13-11-5-4-9(8(2)14)7-10(11)12/h4-5,7,13H,3,6,12H2,1-2H3. The molecule has 0 aliphatic heterocycles. The van der Waals surface area contributed by atoms with Crippen LogP contribution in [0.5, 0.6) is 0 Å². The van der Waals surface area contributed by atoms with Crippen LogP contribution in [0.3, 0.4) is 0 Å². The van der Waals surface area contributed by atoms with E-state index in [4.69, 9.17) is 5.73 Å². The first-order valence-electron chi connectivity index (χ1n) is 4.79. The van der Waals surface area contributed by atoms with E-state index in [2.05, 4.69) is 12.2 Å². The number of carbonyl (C=O) groups excluding carboxylic acids is 1. The number of rotatable bonds is 4. The number of Topliss-reactive ketones (excluding diaryl/α,β-unsaturated/α-hetero) is 1. The van der Waals surface area contributed by atoms with Crippen LogP contribution in [0.1, 0.15) is 30.6 Å². The highest BCUT2D eigenvalue weighted by molar-refractivity contribution is 5.95. The van der Waals surface area contributed by atoms with Crippen LogP contribution in [-0.2, 0) is 0 Å². The van der Waals surface area contributed by atoms with Crippen molar-refractivity contribution in [3.05, 3.63) is 23.8 Å². The normalized spacial score (nSPS) is 9.86. The molecule has 0 atom stereocenters. The lowest BCUT2D eigenvalue weighted by Crippen LogP contribution is -2.04. The summed E-state index contributed by atoms with van der Waals surface area (Å²) in [6.07, 6.45) is 1.05. The van der Waals surface area contributed by atoms with E-state index < -0.39 is 0 Å². The number of benzene rings is 1. The van der Waals surface area contributed by atoms with Crippen LogP contribution in [0, 0.1) is 0 Å². The first kappa shape index (κ1) is 10.6. The van der Waals surface area contributed by atoms with Gasteiger partial charge in [0.1, 0.15) is 0 Å². The maximum Gasteiger partial charge on any atom is 0.159 e. The lowest BCUT2D eigenvalue weighted by Gasteiger charge is -2.08. The quantitative estimate of drug-likeness (QED) is 0.568. The lowest BCUT2D eigenvalue weighted by atomic mass is 10.1. The van der Waals surface area contributed by atoms with Crippen molar-refractivity contribution in [3.63, 3.8) is 0 Å². The maximum atomic E-state index is 11.0. The molecule has 3 nitrogen and oxygen atoms in total. The molecule has 0 heterocycles. The second-order valence-corrected chi connectivity index (χ2v) is 3.28. The third-order valence-corrected chi connectivity index (χ3v) is 2.02. The third kappa shape index (κ3) is 2.49. The first-order chi connectivity index (χ1) is 6.65. The zero-order chi connectivity index (χ0) is 10.6. The molecule has 0 spiro atoms. The molecular formula is C11H16N2O. The first-order valence-corrected chi connectivity index (χ1v) is 4.79. The summed E-state index contributed by atoms with van der Waals surface area (Å²) in [5.74, 6) is 0.0405. The molecule has 1 rings (SSSR count).